The van der Waals surface area contributed by atoms with Crippen molar-refractivity contribution in [3.8, 4) is 0 Å². The van der Waals surface area contributed by atoms with Crippen molar-refractivity contribution in [1.82, 2.24) is 0 Å². The second-order valence-electron chi connectivity index (χ2n) is 4.74. The zero-order chi connectivity index (χ0) is 13.2. The van der Waals surface area contributed by atoms with E-state index in [-0.39, 0.29) is 10.8 Å². The van der Waals surface area contributed by atoms with Crippen LogP contribution in [0.25, 0.3) is 0 Å². The van der Waals surface area contributed by atoms with Crippen molar-refractivity contribution in [3.05, 3.63) is 29.8 Å². The van der Waals surface area contributed by atoms with E-state index in [1.807, 2.05) is 0 Å². The maximum atomic E-state index is 11.3. The number of ether oxygens (including phenoxy) is 1. The molecule has 0 bridgehead atoms. The minimum Gasteiger partial charge on any atom is -0.388 e. The highest BCUT2D eigenvalue weighted by Crippen LogP contribution is 2.30. The first-order chi connectivity index (χ1) is 8.48. The molecule has 1 heterocycles. The molecule has 2 rings (SSSR count). The van der Waals surface area contributed by atoms with Crippen molar-refractivity contribution in [1.29, 1.82) is 0 Å². The van der Waals surface area contributed by atoms with Gasteiger partial charge >= 0.3 is 0 Å². The van der Waals surface area contributed by atoms with E-state index in [1.54, 1.807) is 24.3 Å². The van der Waals surface area contributed by atoms with Crippen LogP contribution in [-0.4, -0.2) is 33.0 Å². The van der Waals surface area contributed by atoms with Crippen molar-refractivity contribution in [2.24, 2.45) is 5.92 Å². The van der Waals surface area contributed by atoms with Crippen LogP contribution in [0.5, 0.6) is 0 Å². The first-order valence-electron chi connectivity index (χ1n) is 6.04. The third-order valence-electron chi connectivity index (χ3n) is 3.36. The van der Waals surface area contributed by atoms with E-state index in [2.05, 4.69) is 0 Å². The molecule has 18 heavy (non-hydrogen) atoms. The summed E-state index contributed by atoms with van der Waals surface area (Å²) >= 11 is 0. The van der Waals surface area contributed by atoms with Crippen molar-refractivity contribution < 1.29 is 18.3 Å². The Bertz CT molecular complexity index is 486. The smallest absolute Gasteiger partial charge is 0.175 e. The first kappa shape index (κ1) is 13.5. The summed E-state index contributed by atoms with van der Waals surface area (Å²) in [6.45, 7) is 1.37. The van der Waals surface area contributed by atoms with Gasteiger partial charge in [0.2, 0.25) is 0 Å². The maximum absolute atomic E-state index is 11.3. The molecular formula is C13H18O4S. The molecule has 1 saturated heterocycles. The number of hydrogen-bond donors (Lipinski definition) is 1. The van der Waals surface area contributed by atoms with Gasteiger partial charge in [-0.3, -0.25) is 0 Å². The highest BCUT2D eigenvalue weighted by atomic mass is 32.2. The number of aliphatic hydroxyl groups is 1. The van der Waals surface area contributed by atoms with Crippen molar-refractivity contribution in [2.75, 3.05) is 19.5 Å². The highest BCUT2D eigenvalue weighted by Gasteiger charge is 2.23. The highest BCUT2D eigenvalue weighted by molar-refractivity contribution is 7.90. The molecule has 1 aliphatic heterocycles. The molecule has 1 N–H and O–H groups in total. The first-order valence-corrected chi connectivity index (χ1v) is 7.93. The summed E-state index contributed by atoms with van der Waals surface area (Å²) in [7, 11) is -3.17. The molecule has 0 aromatic heterocycles. The Morgan fingerprint density at radius 2 is 1.78 bits per heavy atom. The standard InChI is InChI=1S/C13H18O4S/c1-18(15,16)12-4-2-10(3-5-12)13(14)11-6-8-17-9-7-11/h2-5,11,13-14H,6-9H2,1H3. The summed E-state index contributed by atoms with van der Waals surface area (Å²) in [5.74, 6) is 0.197. The third-order valence-corrected chi connectivity index (χ3v) is 4.49. The lowest BCUT2D eigenvalue weighted by atomic mass is 9.89. The van der Waals surface area contributed by atoms with Crippen LogP contribution in [0.1, 0.15) is 24.5 Å². The summed E-state index contributed by atoms with van der Waals surface area (Å²) in [6.07, 6.45) is 2.32. The van der Waals surface area contributed by atoms with Crippen molar-refractivity contribution in [2.45, 2.75) is 23.8 Å². The monoisotopic (exact) mass is 270 g/mol. The molecule has 1 atom stereocenters. The van der Waals surface area contributed by atoms with Gasteiger partial charge in [-0.1, -0.05) is 12.1 Å². The summed E-state index contributed by atoms with van der Waals surface area (Å²) in [5, 5.41) is 10.2. The van der Waals surface area contributed by atoms with Crippen molar-refractivity contribution in [3.63, 3.8) is 0 Å². The van der Waals surface area contributed by atoms with Gasteiger partial charge in [0.1, 0.15) is 0 Å². The Kier molecular flexibility index (Phi) is 4.04. The van der Waals surface area contributed by atoms with Crippen LogP contribution < -0.4 is 0 Å². The van der Waals surface area contributed by atoms with Gasteiger partial charge in [-0.15, -0.1) is 0 Å². The quantitative estimate of drug-likeness (QED) is 0.905. The predicted octanol–water partition coefficient (Wildman–Crippen LogP) is 1.55. The predicted molar refractivity (Wildman–Crippen MR) is 68.1 cm³/mol. The van der Waals surface area contributed by atoms with Crippen LogP contribution in [0.3, 0.4) is 0 Å². The van der Waals surface area contributed by atoms with Gasteiger partial charge in [0, 0.05) is 19.5 Å². The Labute approximate surface area is 108 Å². The van der Waals surface area contributed by atoms with E-state index in [0.717, 1.165) is 18.4 Å². The minimum absolute atomic E-state index is 0.197. The molecule has 0 saturated carbocycles. The Morgan fingerprint density at radius 1 is 1.22 bits per heavy atom. The Balaban J connectivity index is 2.13. The van der Waals surface area contributed by atoms with E-state index in [1.165, 1.54) is 6.26 Å². The fourth-order valence-corrected chi connectivity index (χ4v) is 2.85. The molecule has 100 valence electrons. The van der Waals surface area contributed by atoms with Gasteiger partial charge in [-0.2, -0.15) is 0 Å². The molecule has 5 heteroatoms. The number of benzene rings is 1. The lowest BCUT2D eigenvalue weighted by molar-refractivity contribution is 0.00717. The summed E-state index contributed by atoms with van der Waals surface area (Å²) in [4.78, 5) is 0.283. The zero-order valence-corrected chi connectivity index (χ0v) is 11.2. The normalized spacial score (nSPS) is 19.7. The molecule has 0 amide bonds. The molecule has 0 aliphatic carbocycles. The SMILES string of the molecule is CS(=O)(=O)c1ccc(C(O)C2CCOCC2)cc1. The van der Waals surface area contributed by atoms with Crippen LogP contribution >= 0.6 is 0 Å². The van der Waals surface area contributed by atoms with Gasteiger partial charge < -0.3 is 9.84 Å². The van der Waals surface area contributed by atoms with Crippen LogP contribution in [0.4, 0.5) is 0 Å². The van der Waals surface area contributed by atoms with Crippen molar-refractivity contribution >= 4 is 9.84 Å². The van der Waals surface area contributed by atoms with E-state index >= 15 is 0 Å². The largest absolute Gasteiger partial charge is 0.388 e. The number of sulfone groups is 1. The number of hydrogen-bond acceptors (Lipinski definition) is 4. The summed E-state index contributed by atoms with van der Waals surface area (Å²) in [6, 6.07) is 6.48. The lowest BCUT2D eigenvalue weighted by Gasteiger charge is -2.27. The Hall–Kier alpha value is -0.910. The molecule has 0 spiro atoms. The van der Waals surface area contributed by atoms with E-state index in [4.69, 9.17) is 4.74 Å². The number of rotatable bonds is 3. The second kappa shape index (κ2) is 5.38. The van der Waals surface area contributed by atoms with Crippen LogP contribution in [0.2, 0.25) is 0 Å². The molecular weight excluding hydrogens is 252 g/mol. The fourth-order valence-electron chi connectivity index (χ4n) is 2.22. The zero-order valence-electron chi connectivity index (χ0n) is 10.4. The van der Waals surface area contributed by atoms with Gasteiger partial charge in [0.05, 0.1) is 11.0 Å². The molecule has 1 aliphatic rings. The summed E-state index contributed by atoms with van der Waals surface area (Å²) < 4.78 is 27.9. The minimum atomic E-state index is -3.17. The van der Waals surface area contributed by atoms with Gasteiger partial charge in [0.15, 0.2) is 9.84 Å². The molecule has 0 radical (unpaired) electrons. The van der Waals surface area contributed by atoms with Crippen LogP contribution in [0, 0.1) is 5.92 Å². The van der Waals surface area contributed by atoms with Gasteiger partial charge in [0.25, 0.3) is 0 Å². The maximum Gasteiger partial charge on any atom is 0.175 e. The third kappa shape index (κ3) is 3.10. The summed E-state index contributed by atoms with van der Waals surface area (Å²) in [5.41, 5.74) is 0.773. The average Bonchev–Trinajstić information content (AvgIpc) is 2.38. The second-order valence-corrected chi connectivity index (χ2v) is 6.75. The van der Waals surface area contributed by atoms with Crippen LogP contribution in [0.15, 0.2) is 29.2 Å². The number of aliphatic hydroxyl groups excluding tert-OH is 1. The topological polar surface area (TPSA) is 63.6 Å². The molecule has 1 fully saturated rings. The Morgan fingerprint density at radius 3 is 2.28 bits per heavy atom. The average molecular weight is 270 g/mol. The van der Waals surface area contributed by atoms with Gasteiger partial charge in [-0.25, -0.2) is 8.42 Å². The van der Waals surface area contributed by atoms with E-state index in [9.17, 15) is 13.5 Å². The molecule has 4 nitrogen and oxygen atoms in total. The van der Waals surface area contributed by atoms with E-state index in [0.29, 0.717) is 13.2 Å². The molecule has 1 unspecified atom stereocenters. The fraction of sp³-hybridized carbons (Fsp3) is 0.538. The van der Waals surface area contributed by atoms with Gasteiger partial charge in [-0.05, 0) is 36.5 Å². The molecule has 1 aromatic rings. The van der Waals surface area contributed by atoms with E-state index < -0.39 is 15.9 Å². The lowest BCUT2D eigenvalue weighted by Crippen LogP contribution is -2.21. The van der Waals surface area contributed by atoms with Crippen LogP contribution in [-0.2, 0) is 14.6 Å². The molecule has 1 aromatic carbocycles.